The highest BCUT2D eigenvalue weighted by Crippen LogP contribution is 2.29. The van der Waals surface area contributed by atoms with Gasteiger partial charge in [-0.25, -0.2) is 4.79 Å². The molecule has 2 fully saturated rings. The highest BCUT2D eigenvalue weighted by molar-refractivity contribution is 5.76. The predicted molar refractivity (Wildman–Crippen MR) is 71.9 cm³/mol. The Hall–Kier alpha value is -1.26. The van der Waals surface area contributed by atoms with Gasteiger partial charge in [0.15, 0.2) is 0 Å². The number of carboxylic acids is 1. The van der Waals surface area contributed by atoms with Crippen LogP contribution in [0.15, 0.2) is 0 Å². The molecule has 1 heterocycles. The van der Waals surface area contributed by atoms with Crippen molar-refractivity contribution < 1.29 is 14.7 Å². The molecule has 5 nitrogen and oxygen atoms in total. The Balaban J connectivity index is 1.96. The number of amides is 2. The molecule has 2 aliphatic rings. The highest BCUT2D eigenvalue weighted by Gasteiger charge is 2.36. The minimum Gasteiger partial charge on any atom is -0.481 e. The van der Waals surface area contributed by atoms with Crippen molar-refractivity contribution >= 4 is 12.0 Å². The SMILES string of the molecule is CC1CC(C)CN(C(=O)N(CCC(=O)O)C2CC2)C1. The van der Waals surface area contributed by atoms with Crippen LogP contribution in [0.1, 0.15) is 39.5 Å². The van der Waals surface area contributed by atoms with Crippen LogP contribution >= 0.6 is 0 Å². The summed E-state index contributed by atoms with van der Waals surface area (Å²) in [4.78, 5) is 26.9. The van der Waals surface area contributed by atoms with E-state index in [1.165, 1.54) is 6.42 Å². The fraction of sp³-hybridized carbons (Fsp3) is 0.857. The number of hydrogen-bond acceptors (Lipinski definition) is 2. The summed E-state index contributed by atoms with van der Waals surface area (Å²) in [6.45, 7) is 6.31. The Morgan fingerprint density at radius 2 is 1.79 bits per heavy atom. The average Bonchev–Trinajstić information content (AvgIpc) is 3.11. The lowest BCUT2D eigenvalue weighted by Crippen LogP contribution is -2.50. The number of carbonyl (C=O) groups excluding carboxylic acids is 1. The molecule has 108 valence electrons. The van der Waals surface area contributed by atoms with Crippen LogP contribution < -0.4 is 0 Å². The zero-order valence-corrected chi connectivity index (χ0v) is 11.8. The molecular weight excluding hydrogens is 244 g/mol. The molecule has 0 aromatic rings. The van der Waals surface area contributed by atoms with Gasteiger partial charge >= 0.3 is 12.0 Å². The standard InChI is InChI=1S/C14H24N2O3/c1-10-7-11(2)9-15(8-10)14(19)16(12-3-4-12)6-5-13(17)18/h10-12H,3-9H2,1-2H3,(H,17,18). The molecule has 0 spiro atoms. The van der Waals surface area contributed by atoms with E-state index in [-0.39, 0.29) is 18.5 Å². The van der Waals surface area contributed by atoms with Crippen molar-refractivity contribution in [3.8, 4) is 0 Å². The number of carbonyl (C=O) groups is 2. The second-order valence-corrected chi connectivity index (χ2v) is 6.20. The van der Waals surface area contributed by atoms with E-state index in [4.69, 9.17) is 5.11 Å². The number of piperidine rings is 1. The van der Waals surface area contributed by atoms with Crippen molar-refractivity contribution in [1.82, 2.24) is 9.80 Å². The molecule has 0 aromatic carbocycles. The van der Waals surface area contributed by atoms with Crippen LogP contribution in [-0.4, -0.2) is 52.6 Å². The smallest absolute Gasteiger partial charge is 0.320 e. The van der Waals surface area contributed by atoms with Gasteiger partial charge in [0.1, 0.15) is 0 Å². The third-order valence-electron chi connectivity index (χ3n) is 3.94. The topological polar surface area (TPSA) is 60.9 Å². The van der Waals surface area contributed by atoms with Crippen LogP contribution in [0, 0.1) is 11.8 Å². The van der Waals surface area contributed by atoms with Crippen molar-refractivity contribution in [2.45, 2.75) is 45.6 Å². The summed E-state index contributed by atoms with van der Waals surface area (Å²) < 4.78 is 0. The third kappa shape index (κ3) is 3.85. The predicted octanol–water partition coefficient (Wildman–Crippen LogP) is 2.02. The summed E-state index contributed by atoms with van der Waals surface area (Å²) in [7, 11) is 0. The van der Waals surface area contributed by atoms with Crippen LogP contribution in [0.4, 0.5) is 4.79 Å². The highest BCUT2D eigenvalue weighted by atomic mass is 16.4. The zero-order chi connectivity index (χ0) is 14.0. The maximum absolute atomic E-state index is 12.5. The molecule has 0 aromatic heterocycles. The van der Waals surface area contributed by atoms with Crippen molar-refractivity contribution in [2.75, 3.05) is 19.6 Å². The van der Waals surface area contributed by atoms with Crippen molar-refractivity contribution in [3.05, 3.63) is 0 Å². The van der Waals surface area contributed by atoms with Crippen molar-refractivity contribution in [1.29, 1.82) is 0 Å². The lowest BCUT2D eigenvalue weighted by atomic mass is 9.92. The molecular formula is C14H24N2O3. The maximum Gasteiger partial charge on any atom is 0.320 e. The van der Waals surface area contributed by atoms with Crippen LogP contribution in [0.3, 0.4) is 0 Å². The third-order valence-corrected chi connectivity index (χ3v) is 3.94. The molecule has 1 aliphatic heterocycles. The minimum atomic E-state index is -0.834. The van der Waals surface area contributed by atoms with E-state index >= 15 is 0 Å². The summed E-state index contributed by atoms with van der Waals surface area (Å²) in [6, 6.07) is 0.321. The van der Waals surface area contributed by atoms with Crippen molar-refractivity contribution in [3.63, 3.8) is 0 Å². The molecule has 2 amide bonds. The first-order valence-electron chi connectivity index (χ1n) is 7.24. The molecule has 2 unspecified atom stereocenters. The number of hydrogen-bond donors (Lipinski definition) is 1. The first kappa shape index (κ1) is 14.2. The number of likely N-dealkylation sites (tertiary alicyclic amines) is 1. The number of nitrogens with zero attached hydrogens (tertiary/aromatic N) is 2. The largest absolute Gasteiger partial charge is 0.481 e. The Labute approximate surface area is 114 Å². The minimum absolute atomic E-state index is 0.0428. The Bertz CT molecular complexity index is 345. The maximum atomic E-state index is 12.5. The van der Waals surface area contributed by atoms with E-state index in [0.717, 1.165) is 25.9 Å². The number of urea groups is 1. The van der Waals surface area contributed by atoms with Crippen LogP contribution in [0.5, 0.6) is 0 Å². The molecule has 19 heavy (non-hydrogen) atoms. The molecule has 0 bridgehead atoms. The summed E-state index contributed by atoms with van der Waals surface area (Å²) in [5, 5.41) is 8.79. The number of carboxylic acid groups (broad SMARTS) is 1. The normalized spacial score (nSPS) is 27.2. The van der Waals surface area contributed by atoms with E-state index in [0.29, 0.717) is 18.4 Å². The first-order chi connectivity index (χ1) is 8.97. The van der Waals surface area contributed by atoms with Crippen LogP contribution in [0.2, 0.25) is 0 Å². The first-order valence-corrected chi connectivity index (χ1v) is 7.24. The second kappa shape index (κ2) is 5.80. The van der Waals surface area contributed by atoms with Crippen LogP contribution in [0.25, 0.3) is 0 Å². The Morgan fingerprint density at radius 3 is 2.26 bits per heavy atom. The van der Waals surface area contributed by atoms with Crippen molar-refractivity contribution in [2.24, 2.45) is 11.8 Å². The van der Waals surface area contributed by atoms with E-state index in [1.807, 2.05) is 4.90 Å². The van der Waals surface area contributed by atoms with Gasteiger partial charge in [-0.3, -0.25) is 4.79 Å². The lowest BCUT2D eigenvalue weighted by Gasteiger charge is -2.38. The molecule has 5 heteroatoms. The Kier molecular flexibility index (Phi) is 4.32. The fourth-order valence-electron chi connectivity index (χ4n) is 3.04. The quantitative estimate of drug-likeness (QED) is 0.848. The zero-order valence-electron chi connectivity index (χ0n) is 11.8. The molecule has 1 aliphatic carbocycles. The summed E-state index contributed by atoms with van der Waals surface area (Å²) in [6.07, 6.45) is 3.25. The molecule has 2 atom stereocenters. The van der Waals surface area contributed by atoms with Gasteiger partial charge < -0.3 is 14.9 Å². The van der Waals surface area contributed by atoms with E-state index in [1.54, 1.807) is 4.90 Å². The number of aliphatic carboxylic acids is 1. The molecule has 1 saturated carbocycles. The van der Waals surface area contributed by atoms with Gasteiger partial charge in [0.2, 0.25) is 0 Å². The van der Waals surface area contributed by atoms with Gasteiger partial charge in [-0.05, 0) is 31.1 Å². The number of rotatable bonds is 4. The van der Waals surface area contributed by atoms with Gasteiger partial charge in [-0.1, -0.05) is 13.8 Å². The van der Waals surface area contributed by atoms with Gasteiger partial charge in [-0.2, -0.15) is 0 Å². The average molecular weight is 268 g/mol. The second-order valence-electron chi connectivity index (χ2n) is 6.20. The summed E-state index contributed by atoms with van der Waals surface area (Å²) in [5.74, 6) is 0.236. The monoisotopic (exact) mass is 268 g/mol. The van der Waals surface area contributed by atoms with E-state index in [2.05, 4.69) is 13.8 Å². The molecule has 2 rings (SSSR count). The Morgan fingerprint density at radius 1 is 1.21 bits per heavy atom. The lowest BCUT2D eigenvalue weighted by molar-refractivity contribution is -0.137. The molecule has 1 saturated heterocycles. The van der Waals surface area contributed by atoms with E-state index < -0.39 is 5.97 Å². The van der Waals surface area contributed by atoms with Gasteiger partial charge in [0.25, 0.3) is 0 Å². The van der Waals surface area contributed by atoms with Gasteiger partial charge in [0.05, 0.1) is 6.42 Å². The molecule has 1 N–H and O–H groups in total. The fourth-order valence-corrected chi connectivity index (χ4v) is 3.04. The van der Waals surface area contributed by atoms with Gasteiger partial charge in [0, 0.05) is 25.7 Å². The van der Waals surface area contributed by atoms with E-state index in [9.17, 15) is 9.59 Å². The van der Waals surface area contributed by atoms with Gasteiger partial charge in [-0.15, -0.1) is 0 Å². The van der Waals surface area contributed by atoms with Crippen LogP contribution in [-0.2, 0) is 4.79 Å². The molecule has 0 radical (unpaired) electrons. The summed E-state index contributed by atoms with van der Waals surface area (Å²) >= 11 is 0. The summed E-state index contributed by atoms with van der Waals surface area (Å²) in [5.41, 5.74) is 0.